The van der Waals surface area contributed by atoms with E-state index in [1.807, 2.05) is 0 Å². The topological polar surface area (TPSA) is 104 Å². The first-order valence-corrected chi connectivity index (χ1v) is 10.7. The first-order chi connectivity index (χ1) is 15.2. The number of nitrogens with zero attached hydrogens (tertiary/aromatic N) is 2. The predicted molar refractivity (Wildman–Crippen MR) is 120 cm³/mol. The Balaban J connectivity index is 1.89. The number of urea groups is 1. The fraction of sp³-hybridized carbons (Fsp3) is 0.409. The summed E-state index contributed by atoms with van der Waals surface area (Å²) in [6.07, 6.45) is 2.65. The minimum absolute atomic E-state index is 0.0528. The molecule has 0 spiro atoms. The number of aliphatic hydroxyl groups is 1. The molecular weight excluding hydrogens is 439 g/mol. The van der Waals surface area contributed by atoms with Crippen molar-refractivity contribution < 1.29 is 23.8 Å². The van der Waals surface area contributed by atoms with Crippen LogP contribution in [0.1, 0.15) is 42.6 Å². The van der Waals surface area contributed by atoms with Crippen LogP contribution in [0.2, 0.25) is 5.15 Å². The molecule has 2 aromatic rings. The summed E-state index contributed by atoms with van der Waals surface area (Å²) in [5.41, 5.74) is 0.832. The number of benzene rings is 1. The van der Waals surface area contributed by atoms with E-state index in [0.717, 1.165) is 12.5 Å². The standard InChI is InChI=1S/C22H26ClFN4O4/c1-12(2)32-18-10-17(26-22(31)28-8-4-5-14(28)11-29)16(24)9-15(18)21(30)27-19-13(3)6-7-25-20(19)23/h6-7,9-10,12,14,29H,4-5,8,11H2,1-3H3,(H,26,31)(H,27,30)/t14-/m1/s1. The van der Waals surface area contributed by atoms with E-state index in [4.69, 9.17) is 16.3 Å². The highest BCUT2D eigenvalue weighted by Crippen LogP contribution is 2.31. The van der Waals surface area contributed by atoms with Gasteiger partial charge in [-0.05, 0) is 51.3 Å². The van der Waals surface area contributed by atoms with Crippen LogP contribution in [0.5, 0.6) is 5.75 Å². The lowest BCUT2D eigenvalue weighted by Crippen LogP contribution is -2.40. The van der Waals surface area contributed by atoms with Crippen LogP contribution in [-0.4, -0.2) is 52.2 Å². The molecule has 0 radical (unpaired) electrons. The van der Waals surface area contributed by atoms with Crippen molar-refractivity contribution in [2.75, 3.05) is 23.8 Å². The molecule has 1 fully saturated rings. The number of hydrogen-bond donors (Lipinski definition) is 3. The molecule has 3 N–H and O–H groups in total. The third kappa shape index (κ3) is 5.28. The second-order valence-corrected chi connectivity index (χ2v) is 8.20. The number of aromatic nitrogens is 1. The van der Waals surface area contributed by atoms with E-state index in [1.54, 1.807) is 26.8 Å². The first-order valence-electron chi connectivity index (χ1n) is 10.3. The second kappa shape index (κ2) is 10.1. The lowest BCUT2D eigenvalue weighted by atomic mass is 10.1. The lowest BCUT2D eigenvalue weighted by molar-refractivity contribution is 0.102. The van der Waals surface area contributed by atoms with Crippen LogP contribution in [0.25, 0.3) is 0 Å². The van der Waals surface area contributed by atoms with Crippen LogP contribution in [0.4, 0.5) is 20.6 Å². The maximum atomic E-state index is 14.9. The molecule has 1 saturated heterocycles. The van der Waals surface area contributed by atoms with Gasteiger partial charge in [0.15, 0.2) is 5.15 Å². The van der Waals surface area contributed by atoms with Gasteiger partial charge in [0, 0.05) is 18.8 Å². The summed E-state index contributed by atoms with van der Waals surface area (Å²) in [7, 11) is 0. The summed E-state index contributed by atoms with van der Waals surface area (Å²) < 4.78 is 20.6. The zero-order valence-electron chi connectivity index (χ0n) is 18.1. The Hall–Kier alpha value is -2.91. The van der Waals surface area contributed by atoms with E-state index in [-0.39, 0.29) is 40.9 Å². The number of ether oxygens (including phenoxy) is 1. The zero-order valence-corrected chi connectivity index (χ0v) is 18.9. The van der Waals surface area contributed by atoms with Crippen molar-refractivity contribution in [3.05, 3.63) is 46.5 Å². The van der Waals surface area contributed by atoms with Gasteiger partial charge in [-0.2, -0.15) is 0 Å². The monoisotopic (exact) mass is 464 g/mol. The number of carbonyl (C=O) groups excluding carboxylic acids is 2. The first kappa shape index (κ1) is 23.7. The molecule has 2 heterocycles. The molecule has 1 aromatic carbocycles. The Bertz CT molecular complexity index is 997. The van der Waals surface area contributed by atoms with Gasteiger partial charge in [-0.1, -0.05) is 11.6 Å². The highest BCUT2D eigenvalue weighted by atomic mass is 35.5. The number of aliphatic hydroxyl groups excluding tert-OH is 1. The number of nitrogens with one attached hydrogen (secondary N) is 2. The van der Waals surface area contributed by atoms with Crippen molar-refractivity contribution in [2.24, 2.45) is 0 Å². The Kier molecular flexibility index (Phi) is 7.52. The molecule has 0 aliphatic carbocycles. The zero-order chi connectivity index (χ0) is 23.4. The summed E-state index contributed by atoms with van der Waals surface area (Å²) in [5.74, 6) is -1.32. The van der Waals surface area contributed by atoms with Gasteiger partial charge in [-0.25, -0.2) is 14.2 Å². The quantitative estimate of drug-likeness (QED) is 0.555. The van der Waals surface area contributed by atoms with Crippen LogP contribution >= 0.6 is 11.6 Å². The normalized spacial score (nSPS) is 15.7. The molecule has 172 valence electrons. The molecule has 1 atom stereocenters. The number of carbonyl (C=O) groups is 2. The number of anilines is 2. The third-order valence-electron chi connectivity index (χ3n) is 5.12. The lowest BCUT2D eigenvalue weighted by Gasteiger charge is -2.24. The number of aryl methyl sites for hydroxylation is 1. The molecule has 0 unspecified atom stereocenters. The summed E-state index contributed by atoms with van der Waals surface area (Å²) in [6.45, 7) is 5.60. The van der Waals surface area contributed by atoms with Crippen LogP contribution in [0, 0.1) is 12.7 Å². The molecule has 0 bridgehead atoms. The van der Waals surface area contributed by atoms with Crippen LogP contribution in [0.3, 0.4) is 0 Å². The van der Waals surface area contributed by atoms with E-state index in [1.165, 1.54) is 17.2 Å². The molecule has 10 heteroatoms. The van der Waals surface area contributed by atoms with Crippen molar-refractivity contribution in [3.8, 4) is 5.75 Å². The number of hydrogen-bond acceptors (Lipinski definition) is 5. The van der Waals surface area contributed by atoms with Crippen molar-refractivity contribution >= 4 is 34.9 Å². The highest BCUT2D eigenvalue weighted by molar-refractivity contribution is 6.33. The van der Waals surface area contributed by atoms with Crippen LogP contribution in [-0.2, 0) is 0 Å². The smallest absolute Gasteiger partial charge is 0.322 e. The third-order valence-corrected chi connectivity index (χ3v) is 5.41. The van der Waals surface area contributed by atoms with Gasteiger partial charge in [-0.15, -0.1) is 0 Å². The number of amides is 3. The summed E-state index contributed by atoms with van der Waals surface area (Å²) in [4.78, 5) is 30.9. The van der Waals surface area contributed by atoms with Gasteiger partial charge >= 0.3 is 6.03 Å². The number of halogens is 2. The van der Waals surface area contributed by atoms with E-state index in [9.17, 15) is 19.1 Å². The molecule has 3 rings (SSSR count). The number of rotatable bonds is 6. The molecule has 1 aromatic heterocycles. The summed E-state index contributed by atoms with van der Waals surface area (Å²) in [6, 6.07) is 3.15. The van der Waals surface area contributed by atoms with Crippen molar-refractivity contribution in [1.82, 2.24) is 9.88 Å². The summed E-state index contributed by atoms with van der Waals surface area (Å²) >= 11 is 6.08. The Labute approximate surface area is 190 Å². The van der Waals surface area contributed by atoms with Crippen molar-refractivity contribution in [1.29, 1.82) is 0 Å². The molecule has 0 saturated carbocycles. The average Bonchev–Trinajstić information content (AvgIpc) is 3.21. The fourth-order valence-corrected chi connectivity index (χ4v) is 3.77. The Morgan fingerprint density at radius 2 is 2.12 bits per heavy atom. The molecule has 32 heavy (non-hydrogen) atoms. The minimum Gasteiger partial charge on any atom is -0.490 e. The minimum atomic E-state index is -0.798. The second-order valence-electron chi connectivity index (χ2n) is 7.84. The largest absolute Gasteiger partial charge is 0.490 e. The van der Waals surface area contributed by atoms with Gasteiger partial charge in [-0.3, -0.25) is 4.79 Å². The SMILES string of the molecule is Cc1ccnc(Cl)c1NC(=O)c1cc(F)c(NC(=O)N2CCC[C@@H]2CO)cc1OC(C)C. The number of pyridine rings is 1. The van der Waals surface area contributed by atoms with Gasteiger partial charge in [0.05, 0.1) is 35.7 Å². The van der Waals surface area contributed by atoms with E-state index < -0.39 is 17.8 Å². The van der Waals surface area contributed by atoms with Gasteiger partial charge < -0.3 is 25.4 Å². The van der Waals surface area contributed by atoms with E-state index in [0.29, 0.717) is 24.2 Å². The number of likely N-dealkylation sites (tertiary alicyclic amines) is 1. The van der Waals surface area contributed by atoms with E-state index in [2.05, 4.69) is 15.6 Å². The molecule has 1 aliphatic heterocycles. The average molecular weight is 465 g/mol. The van der Waals surface area contributed by atoms with Crippen molar-refractivity contribution in [2.45, 2.75) is 45.8 Å². The van der Waals surface area contributed by atoms with Crippen LogP contribution in [0.15, 0.2) is 24.4 Å². The molecule has 3 amide bonds. The van der Waals surface area contributed by atoms with Crippen molar-refractivity contribution in [3.63, 3.8) is 0 Å². The molecule has 1 aliphatic rings. The molecule has 8 nitrogen and oxygen atoms in total. The summed E-state index contributed by atoms with van der Waals surface area (Å²) in [5, 5.41) is 14.7. The maximum absolute atomic E-state index is 14.9. The van der Waals surface area contributed by atoms with E-state index >= 15 is 0 Å². The Morgan fingerprint density at radius 3 is 2.78 bits per heavy atom. The van der Waals surface area contributed by atoms with Crippen LogP contribution < -0.4 is 15.4 Å². The van der Waals surface area contributed by atoms with Gasteiger partial charge in [0.2, 0.25) is 0 Å². The molecular formula is C22H26ClFN4O4. The highest BCUT2D eigenvalue weighted by Gasteiger charge is 2.29. The Morgan fingerprint density at radius 1 is 1.38 bits per heavy atom. The van der Waals surface area contributed by atoms with Gasteiger partial charge in [0.25, 0.3) is 5.91 Å². The fourth-order valence-electron chi connectivity index (χ4n) is 3.51. The maximum Gasteiger partial charge on any atom is 0.322 e. The predicted octanol–water partition coefficient (Wildman–Crippen LogP) is 4.21. The van der Waals surface area contributed by atoms with Gasteiger partial charge in [0.1, 0.15) is 11.6 Å².